The van der Waals surface area contributed by atoms with Gasteiger partial charge in [-0.05, 0) is 59.5 Å². The van der Waals surface area contributed by atoms with Crippen molar-refractivity contribution >= 4 is 24.0 Å². The Morgan fingerprint density at radius 1 is 0.893 bits per heavy atom. The Morgan fingerprint density at radius 2 is 1.57 bits per heavy atom. The average Bonchev–Trinajstić information content (AvgIpc) is 2.63. The number of fused-ring (bicyclic) bond motifs is 1. The van der Waals surface area contributed by atoms with E-state index in [4.69, 9.17) is 0 Å². The maximum Gasteiger partial charge on any atom is 0.220 e. The second kappa shape index (κ2) is 7.48. The quantitative estimate of drug-likeness (QED) is 0.358. The van der Waals surface area contributed by atoms with Gasteiger partial charge in [0.05, 0.1) is 19.0 Å². The van der Waals surface area contributed by atoms with E-state index in [1.807, 2.05) is 0 Å². The van der Waals surface area contributed by atoms with Crippen LogP contribution in [0.2, 0.25) is 18.6 Å². The number of hydrogen-bond donors (Lipinski definition) is 0. The van der Waals surface area contributed by atoms with Gasteiger partial charge in [0.15, 0.2) is 6.20 Å². The lowest BCUT2D eigenvalue weighted by Gasteiger charge is -2.27. The molecule has 0 unspecified atom stereocenters. The van der Waals surface area contributed by atoms with Crippen LogP contribution in [0.25, 0.3) is 22.0 Å². The number of aryl methyl sites for hydroxylation is 2. The molecule has 1 aromatic heterocycles. The second-order valence-corrected chi connectivity index (χ2v) is 14.8. The summed E-state index contributed by atoms with van der Waals surface area (Å²) in [4.78, 5) is 0. The molecule has 0 aliphatic carbocycles. The van der Waals surface area contributed by atoms with Crippen molar-refractivity contribution in [2.45, 2.75) is 66.1 Å². The van der Waals surface area contributed by atoms with Crippen molar-refractivity contribution in [3.05, 3.63) is 59.3 Å². The molecule has 0 bridgehead atoms. The Labute approximate surface area is 172 Å². The van der Waals surface area contributed by atoms with E-state index < -0.39 is 8.07 Å². The summed E-state index contributed by atoms with van der Waals surface area (Å²) in [5.74, 6) is 0.530. The summed E-state index contributed by atoms with van der Waals surface area (Å²) in [5.41, 5.74) is 7.61. The highest BCUT2D eigenvalue weighted by atomic mass is 28.3. The highest BCUT2D eigenvalue weighted by Gasteiger charge is 2.28. The van der Waals surface area contributed by atoms with Gasteiger partial charge in [-0.25, -0.2) is 4.57 Å². The zero-order valence-corrected chi connectivity index (χ0v) is 20.1. The molecule has 1 heterocycles. The maximum atomic E-state index is 2.49. The van der Waals surface area contributed by atoms with Crippen LogP contribution in [0.3, 0.4) is 0 Å². The van der Waals surface area contributed by atoms with E-state index in [1.54, 1.807) is 5.19 Å². The largest absolute Gasteiger partial charge is 0.220 e. The molecule has 0 aliphatic heterocycles. The van der Waals surface area contributed by atoms with Crippen LogP contribution in [0.1, 0.15) is 50.3 Å². The molecule has 0 amide bonds. The standard InChI is InChI=1S/C26H36NSi/c1-17(2)22-14-19(5)20(6)25(16-22)26-24-11-10-23(28(8,9)18(3)4)15-21(24)12-13-27(26)7/h10-18H,1-9H3/q+1. The van der Waals surface area contributed by atoms with Gasteiger partial charge in [0, 0.05) is 6.07 Å². The SMILES string of the molecule is Cc1cc(C(C)C)cc(-c2c3ccc([Si](C)(C)C(C)C)cc3cc[n+]2C)c1C. The Hall–Kier alpha value is -1.93. The lowest BCUT2D eigenvalue weighted by Crippen LogP contribution is -2.44. The van der Waals surface area contributed by atoms with Gasteiger partial charge in [0.2, 0.25) is 5.69 Å². The third kappa shape index (κ3) is 3.55. The van der Waals surface area contributed by atoms with E-state index in [0.29, 0.717) is 5.92 Å². The van der Waals surface area contributed by atoms with Crippen molar-refractivity contribution in [1.29, 1.82) is 0 Å². The Kier molecular flexibility index (Phi) is 5.55. The molecule has 2 aromatic carbocycles. The molecule has 2 heteroatoms. The first-order chi connectivity index (χ1) is 13.0. The number of benzene rings is 2. The molecule has 148 valence electrons. The zero-order valence-electron chi connectivity index (χ0n) is 19.1. The molecule has 0 N–H and O–H groups in total. The molecule has 1 nitrogen and oxygen atoms in total. The van der Waals surface area contributed by atoms with E-state index in [1.165, 1.54) is 38.7 Å². The summed E-state index contributed by atoms with van der Waals surface area (Å²) in [6.07, 6.45) is 2.22. The minimum Gasteiger partial charge on any atom is -0.200 e. The smallest absolute Gasteiger partial charge is 0.200 e. The van der Waals surface area contributed by atoms with Gasteiger partial charge in [-0.15, -0.1) is 0 Å². The number of pyridine rings is 1. The molecular weight excluding hydrogens is 354 g/mol. The number of rotatable bonds is 4. The van der Waals surface area contributed by atoms with Gasteiger partial charge in [0.25, 0.3) is 0 Å². The average molecular weight is 391 g/mol. The fraction of sp³-hybridized carbons (Fsp3) is 0.423. The molecule has 0 saturated heterocycles. The number of hydrogen-bond acceptors (Lipinski definition) is 0. The van der Waals surface area contributed by atoms with Gasteiger partial charge in [0.1, 0.15) is 7.05 Å². The maximum absolute atomic E-state index is 2.49. The molecule has 0 saturated carbocycles. The first kappa shape index (κ1) is 20.8. The van der Waals surface area contributed by atoms with E-state index >= 15 is 0 Å². The summed E-state index contributed by atoms with van der Waals surface area (Å²) in [5, 5.41) is 4.27. The van der Waals surface area contributed by atoms with Crippen molar-refractivity contribution in [3.8, 4) is 11.3 Å². The van der Waals surface area contributed by atoms with Crippen molar-refractivity contribution in [2.24, 2.45) is 7.05 Å². The van der Waals surface area contributed by atoms with Crippen LogP contribution < -0.4 is 9.75 Å². The summed E-state index contributed by atoms with van der Waals surface area (Å²) in [6.45, 7) is 18.8. The molecular formula is C26H36NSi+. The Balaban J connectivity index is 2.30. The minimum atomic E-state index is -1.43. The minimum absolute atomic E-state index is 0.530. The summed E-state index contributed by atoms with van der Waals surface area (Å²) in [6, 6.07) is 14.3. The van der Waals surface area contributed by atoms with Crippen LogP contribution in [-0.2, 0) is 7.05 Å². The van der Waals surface area contributed by atoms with Gasteiger partial charge >= 0.3 is 0 Å². The van der Waals surface area contributed by atoms with E-state index in [2.05, 4.69) is 109 Å². The predicted molar refractivity (Wildman–Crippen MR) is 126 cm³/mol. The topological polar surface area (TPSA) is 3.88 Å². The van der Waals surface area contributed by atoms with Crippen molar-refractivity contribution < 1.29 is 4.57 Å². The molecule has 3 aromatic rings. The first-order valence-electron chi connectivity index (χ1n) is 10.6. The van der Waals surface area contributed by atoms with Gasteiger partial charge in [-0.1, -0.05) is 64.2 Å². The summed E-state index contributed by atoms with van der Waals surface area (Å²) >= 11 is 0. The van der Waals surface area contributed by atoms with Crippen LogP contribution in [0.15, 0.2) is 42.6 Å². The van der Waals surface area contributed by atoms with Crippen LogP contribution >= 0.6 is 0 Å². The summed E-state index contributed by atoms with van der Waals surface area (Å²) < 4.78 is 2.29. The third-order valence-corrected chi connectivity index (χ3v) is 11.6. The van der Waals surface area contributed by atoms with Gasteiger partial charge in [-0.2, -0.15) is 0 Å². The fourth-order valence-corrected chi connectivity index (χ4v) is 5.62. The van der Waals surface area contributed by atoms with E-state index in [-0.39, 0.29) is 0 Å². The fourth-order valence-electron chi connectivity index (χ4n) is 3.91. The van der Waals surface area contributed by atoms with Gasteiger partial charge in [-0.3, -0.25) is 0 Å². The Bertz CT molecular complexity index is 1030. The van der Waals surface area contributed by atoms with Crippen LogP contribution in [0.4, 0.5) is 0 Å². The molecule has 0 atom stereocenters. The van der Waals surface area contributed by atoms with Crippen molar-refractivity contribution in [3.63, 3.8) is 0 Å². The Morgan fingerprint density at radius 3 is 2.18 bits per heavy atom. The van der Waals surface area contributed by atoms with Crippen molar-refractivity contribution in [2.75, 3.05) is 0 Å². The highest BCUT2D eigenvalue weighted by Crippen LogP contribution is 2.32. The highest BCUT2D eigenvalue weighted by molar-refractivity contribution is 6.91. The molecule has 0 spiro atoms. The normalized spacial score (nSPS) is 12.4. The number of nitrogens with zero attached hydrogens (tertiary/aromatic N) is 1. The molecule has 3 rings (SSSR count). The van der Waals surface area contributed by atoms with Crippen LogP contribution in [0.5, 0.6) is 0 Å². The monoisotopic (exact) mass is 390 g/mol. The molecule has 0 radical (unpaired) electrons. The zero-order chi connectivity index (χ0) is 20.8. The first-order valence-corrected chi connectivity index (χ1v) is 13.7. The lowest BCUT2D eigenvalue weighted by molar-refractivity contribution is -0.659. The van der Waals surface area contributed by atoms with E-state index in [0.717, 1.165) is 5.54 Å². The predicted octanol–water partition coefficient (Wildman–Crippen LogP) is 6.40. The van der Waals surface area contributed by atoms with Crippen LogP contribution in [-0.4, -0.2) is 8.07 Å². The summed E-state index contributed by atoms with van der Waals surface area (Å²) in [7, 11) is 0.738. The van der Waals surface area contributed by atoms with E-state index in [9.17, 15) is 0 Å². The van der Waals surface area contributed by atoms with Crippen LogP contribution in [0, 0.1) is 13.8 Å². The van der Waals surface area contributed by atoms with Gasteiger partial charge < -0.3 is 0 Å². The molecule has 28 heavy (non-hydrogen) atoms. The molecule has 0 aliphatic rings. The number of aromatic nitrogens is 1. The second-order valence-electron chi connectivity index (χ2n) is 9.62. The third-order valence-electron chi connectivity index (χ3n) is 6.94. The lowest BCUT2D eigenvalue weighted by atomic mass is 9.91. The molecule has 0 fully saturated rings. The van der Waals surface area contributed by atoms with Crippen molar-refractivity contribution in [1.82, 2.24) is 0 Å².